The maximum absolute atomic E-state index is 12.3. The van der Waals surface area contributed by atoms with E-state index in [9.17, 15) is 19.7 Å². The molecule has 27 heavy (non-hydrogen) atoms. The van der Waals surface area contributed by atoms with Gasteiger partial charge in [-0.1, -0.05) is 0 Å². The zero-order valence-corrected chi connectivity index (χ0v) is 14.8. The summed E-state index contributed by atoms with van der Waals surface area (Å²) in [5.74, 6) is -0.368. The van der Waals surface area contributed by atoms with Gasteiger partial charge in [0.2, 0.25) is 5.91 Å². The summed E-state index contributed by atoms with van der Waals surface area (Å²) in [5.41, 5.74) is 1.73. The molecule has 1 atom stereocenters. The second kappa shape index (κ2) is 7.86. The van der Waals surface area contributed by atoms with Crippen molar-refractivity contribution in [1.82, 2.24) is 5.32 Å². The minimum absolute atomic E-state index is 0.0371. The molecule has 0 radical (unpaired) electrons. The van der Waals surface area contributed by atoms with Crippen LogP contribution in [-0.4, -0.2) is 28.8 Å². The monoisotopic (exact) mass is 368 g/mol. The fourth-order valence-corrected chi connectivity index (χ4v) is 2.45. The third-order valence-electron chi connectivity index (χ3n) is 4.18. The average Bonchev–Trinajstić information content (AvgIpc) is 3.46. The van der Waals surface area contributed by atoms with Gasteiger partial charge >= 0.3 is 0 Å². The van der Waals surface area contributed by atoms with Crippen molar-refractivity contribution in [3.05, 3.63) is 64.2 Å². The molecule has 3 rings (SSSR count). The Morgan fingerprint density at radius 3 is 2.19 bits per heavy atom. The first-order valence-electron chi connectivity index (χ1n) is 8.65. The van der Waals surface area contributed by atoms with Crippen LogP contribution in [0.25, 0.3) is 0 Å². The molecule has 8 heteroatoms. The van der Waals surface area contributed by atoms with Crippen LogP contribution in [0.2, 0.25) is 0 Å². The lowest BCUT2D eigenvalue weighted by Gasteiger charge is -2.15. The van der Waals surface area contributed by atoms with E-state index in [0.29, 0.717) is 23.0 Å². The molecular weight excluding hydrogens is 348 g/mol. The van der Waals surface area contributed by atoms with Crippen LogP contribution >= 0.6 is 0 Å². The lowest BCUT2D eigenvalue weighted by Crippen LogP contribution is -2.31. The second-order valence-electron chi connectivity index (χ2n) is 6.48. The van der Waals surface area contributed by atoms with Crippen LogP contribution in [0.1, 0.15) is 30.1 Å². The molecule has 2 aromatic carbocycles. The van der Waals surface area contributed by atoms with Crippen LogP contribution in [0, 0.1) is 10.1 Å². The lowest BCUT2D eigenvalue weighted by molar-refractivity contribution is -0.384. The Bertz CT molecular complexity index is 845. The molecule has 0 bridgehead atoms. The SMILES string of the molecule is CC(Nc1ccc(C(=O)NC2CC2)cc1)C(=O)Nc1ccc([N+](=O)[O-])cc1. The minimum atomic E-state index is -0.536. The van der Waals surface area contributed by atoms with Gasteiger partial charge in [0, 0.05) is 35.1 Å². The zero-order chi connectivity index (χ0) is 19.4. The molecule has 0 aromatic heterocycles. The predicted molar refractivity (Wildman–Crippen MR) is 102 cm³/mol. The van der Waals surface area contributed by atoms with Gasteiger partial charge in [-0.15, -0.1) is 0 Å². The maximum Gasteiger partial charge on any atom is 0.269 e. The Kier molecular flexibility index (Phi) is 5.35. The number of carbonyl (C=O) groups excluding carboxylic acids is 2. The van der Waals surface area contributed by atoms with Crippen LogP contribution in [0.4, 0.5) is 17.1 Å². The molecular formula is C19H20N4O4. The van der Waals surface area contributed by atoms with E-state index in [1.807, 2.05) is 0 Å². The average molecular weight is 368 g/mol. The van der Waals surface area contributed by atoms with Gasteiger partial charge in [-0.3, -0.25) is 19.7 Å². The minimum Gasteiger partial charge on any atom is -0.374 e. The standard InChI is InChI=1S/C19H20N4O4/c1-12(18(24)21-16-8-10-17(11-9-16)23(26)27)20-14-4-2-13(3-5-14)19(25)22-15-6-7-15/h2-5,8-12,15,20H,6-7H2,1H3,(H,21,24)(H,22,25). The Morgan fingerprint density at radius 2 is 1.63 bits per heavy atom. The van der Waals surface area contributed by atoms with E-state index in [1.165, 1.54) is 24.3 Å². The summed E-state index contributed by atoms with van der Waals surface area (Å²) in [6, 6.07) is 12.3. The first kappa shape index (κ1) is 18.4. The van der Waals surface area contributed by atoms with Gasteiger partial charge in [-0.25, -0.2) is 0 Å². The van der Waals surface area contributed by atoms with Crippen molar-refractivity contribution in [2.75, 3.05) is 10.6 Å². The number of nitro benzene ring substituents is 1. The third-order valence-corrected chi connectivity index (χ3v) is 4.18. The second-order valence-corrected chi connectivity index (χ2v) is 6.48. The number of benzene rings is 2. The van der Waals surface area contributed by atoms with Gasteiger partial charge in [0.15, 0.2) is 0 Å². The molecule has 1 aliphatic rings. The molecule has 2 amide bonds. The highest BCUT2D eigenvalue weighted by molar-refractivity contribution is 5.97. The number of hydrogen-bond donors (Lipinski definition) is 3. The van der Waals surface area contributed by atoms with E-state index in [0.717, 1.165) is 12.8 Å². The van der Waals surface area contributed by atoms with Crippen molar-refractivity contribution in [2.45, 2.75) is 31.8 Å². The summed E-state index contributed by atoms with van der Waals surface area (Å²) in [6.45, 7) is 1.70. The van der Waals surface area contributed by atoms with E-state index >= 15 is 0 Å². The largest absolute Gasteiger partial charge is 0.374 e. The van der Waals surface area contributed by atoms with E-state index in [-0.39, 0.29) is 17.5 Å². The van der Waals surface area contributed by atoms with E-state index in [1.54, 1.807) is 31.2 Å². The van der Waals surface area contributed by atoms with Crippen molar-refractivity contribution in [3.63, 3.8) is 0 Å². The molecule has 3 N–H and O–H groups in total. The Morgan fingerprint density at radius 1 is 1.04 bits per heavy atom. The van der Waals surface area contributed by atoms with Gasteiger partial charge in [-0.2, -0.15) is 0 Å². The maximum atomic E-state index is 12.3. The summed E-state index contributed by atoms with van der Waals surface area (Å²) in [4.78, 5) is 34.4. The van der Waals surface area contributed by atoms with Crippen molar-refractivity contribution in [2.24, 2.45) is 0 Å². The summed E-state index contributed by atoms with van der Waals surface area (Å²) in [7, 11) is 0. The number of amides is 2. The number of non-ortho nitro benzene ring substituents is 1. The van der Waals surface area contributed by atoms with Gasteiger partial charge in [0.05, 0.1) is 4.92 Å². The highest BCUT2D eigenvalue weighted by Gasteiger charge is 2.23. The highest BCUT2D eigenvalue weighted by Crippen LogP contribution is 2.20. The van der Waals surface area contributed by atoms with Crippen molar-refractivity contribution < 1.29 is 14.5 Å². The number of nitrogens with one attached hydrogen (secondary N) is 3. The Balaban J connectivity index is 1.54. The molecule has 2 aromatic rings. The third kappa shape index (κ3) is 5.04. The van der Waals surface area contributed by atoms with Crippen LogP contribution in [0.3, 0.4) is 0 Å². The first-order valence-corrected chi connectivity index (χ1v) is 8.65. The molecule has 1 aliphatic carbocycles. The van der Waals surface area contributed by atoms with E-state index in [2.05, 4.69) is 16.0 Å². The van der Waals surface area contributed by atoms with Gasteiger partial charge < -0.3 is 16.0 Å². The quantitative estimate of drug-likeness (QED) is 0.514. The number of nitro groups is 1. The molecule has 0 heterocycles. The molecule has 140 valence electrons. The van der Waals surface area contributed by atoms with Crippen LogP contribution in [0.15, 0.2) is 48.5 Å². The van der Waals surface area contributed by atoms with Gasteiger partial charge in [0.25, 0.3) is 11.6 Å². The number of rotatable bonds is 7. The van der Waals surface area contributed by atoms with Gasteiger partial charge in [-0.05, 0) is 56.2 Å². The molecule has 8 nitrogen and oxygen atoms in total. The van der Waals surface area contributed by atoms with Crippen LogP contribution in [0.5, 0.6) is 0 Å². The lowest BCUT2D eigenvalue weighted by atomic mass is 10.1. The van der Waals surface area contributed by atoms with E-state index < -0.39 is 11.0 Å². The fraction of sp³-hybridized carbons (Fsp3) is 0.263. The molecule has 1 saturated carbocycles. The van der Waals surface area contributed by atoms with E-state index in [4.69, 9.17) is 0 Å². The summed E-state index contributed by atoms with van der Waals surface area (Å²) in [6.07, 6.45) is 2.07. The molecule has 1 unspecified atom stereocenters. The first-order chi connectivity index (χ1) is 12.9. The fourth-order valence-electron chi connectivity index (χ4n) is 2.45. The van der Waals surface area contributed by atoms with Crippen molar-refractivity contribution >= 4 is 28.9 Å². The van der Waals surface area contributed by atoms with Crippen molar-refractivity contribution in [1.29, 1.82) is 0 Å². The van der Waals surface area contributed by atoms with Crippen LogP contribution < -0.4 is 16.0 Å². The summed E-state index contributed by atoms with van der Waals surface area (Å²) >= 11 is 0. The zero-order valence-electron chi connectivity index (χ0n) is 14.8. The molecule has 0 aliphatic heterocycles. The number of anilines is 2. The van der Waals surface area contributed by atoms with Gasteiger partial charge in [0.1, 0.15) is 6.04 Å². The molecule has 1 fully saturated rings. The Hall–Kier alpha value is -3.42. The molecule has 0 saturated heterocycles. The van der Waals surface area contributed by atoms with Crippen LogP contribution in [-0.2, 0) is 4.79 Å². The predicted octanol–water partition coefficient (Wildman–Crippen LogP) is 2.93. The summed E-state index contributed by atoms with van der Waals surface area (Å²) in [5, 5.41) is 19.3. The Labute approximate surface area is 156 Å². The number of nitrogens with zero attached hydrogens (tertiary/aromatic N) is 1. The van der Waals surface area contributed by atoms with Crippen molar-refractivity contribution in [3.8, 4) is 0 Å². The normalized spacial score (nSPS) is 14.1. The highest BCUT2D eigenvalue weighted by atomic mass is 16.6. The topological polar surface area (TPSA) is 113 Å². The number of carbonyl (C=O) groups is 2. The smallest absolute Gasteiger partial charge is 0.269 e. The molecule has 0 spiro atoms. The summed E-state index contributed by atoms with van der Waals surface area (Å²) < 4.78 is 0. The number of hydrogen-bond acceptors (Lipinski definition) is 5.